The van der Waals surface area contributed by atoms with Crippen molar-refractivity contribution in [2.75, 3.05) is 5.73 Å². The number of rotatable bonds is 2. The van der Waals surface area contributed by atoms with Crippen molar-refractivity contribution >= 4 is 17.6 Å². The number of aryl methyl sites for hydroxylation is 1. The van der Waals surface area contributed by atoms with Gasteiger partial charge in [-0.25, -0.2) is 4.98 Å². The first kappa shape index (κ1) is 9.01. The van der Waals surface area contributed by atoms with Gasteiger partial charge in [0.1, 0.15) is 10.8 Å². The van der Waals surface area contributed by atoms with Crippen LogP contribution in [0.5, 0.6) is 0 Å². The van der Waals surface area contributed by atoms with E-state index in [1.165, 1.54) is 11.8 Å². The number of hydrogen-bond acceptors (Lipinski definition) is 5. The Bertz CT molecular complexity index is 422. The third-order valence-electron chi connectivity index (χ3n) is 1.63. The lowest BCUT2D eigenvalue weighted by molar-refractivity contribution is 0.786. The first-order valence-electron chi connectivity index (χ1n) is 4.00. The topological polar surface area (TPSA) is 69.6 Å². The van der Waals surface area contributed by atoms with E-state index in [9.17, 15) is 0 Å². The second kappa shape index (κ2) is 3.67. The molecule has 0 aliphatic carbocycles. The Hall–Kier alpha value is -1.56. The summed E-state index contributed by atoms with van der Waals surface area (Å²) in [5.74, 6) is 0.425. The zero-order chi connectivity index (χ0) is 9.97. The summed E-state index contributed by atoms with van der Waals surface area (Å²) in [6.07, 6.45) is 3.63. The largest absolute Gasteiger partial charge is 0.382 e. The Labute approximate surface area is 85.4 Å². The highest BCUT2D eigenvalue weighted by molar-refractivity contribution is 7.99. The molecule has 14 heavy (non-hydrogen) atoms. The van der Waals surface area contributed by atoms with Gasteiger partial charge in [-0.2, -0.15) is 0 Å². The van der Waals surface area contributed by atoms with E-state index in [2.05, 4.69) is 15.2 Å². The molecule has 0 spiro atoms. The van der Waals surface area contributed by atoms with Crippen molar-refractivity contribution in [1.29, 1.82) is 0 Å². The first-order chi connectivity index (χ1) is 6.75. The molecule has 0 unspecified atom stereocenters. The van der Waals surface area contributed by atoms with Gasteiger partial charge in [-0.1, -0.05) is 0 Å². The lowest BCUT2D eigenvalue weighted by Gasteiger charge is -1.99. The van der Waals surface area contributed by atoms with Gasteiger partial charge in [-0.3, -0.25) is 0 Å². The third kappa shape index (κ3) is 1.85. The summed E-state index contributed by atoms with van der Waals surface area (Å²) < 4.78 is 1.92. The predicted molar refractivity (Wildman–Crippen MR) is 53.8 cm³/mol. The fraction of sp³-hybridized carbons (Fsp3) is 0.125. The molecule has 0 radical (unpaired) electrons. The Balaban J connectivity index is 2.19. The maximum Gasteiger partial charge on any atom is 0.174 e. The molecule has 2 rings (SSSR count). The molecule has 2 aromatic heterocycles. The average Bonchev–Trinajstić information content (AvgIpc) is 2.56. The molecular formula is C8H9N5S. The summed E-state index contributed by atoms with van der Waals surface area (Å²) in [4.78, 5) is 4.16. The van der Waals surface area contributed by atoms with Crippen molar-refractivity contribution in [1.82, 2.24) is 19.7 Å². The van der Waals surface area contributed by atoms with E-state index in [0.29, 0.717) is 5.82 Å². The maximum absolute atomic E-state index is 5.43. The molecule has 0 aromatic carbocycles. The van der Waals surface area contributed by atoms with Gasteiger partial charge < -0.3 is 10.3 Å². The maximum atomic E-state index is 5.43. The Kier molecular flexibility index (Phi) is 2.36. The van der Waals surface area contributed by atoms with E-state index in [-0.39, 0.29) is 0 Å². The van der Waals surface area contributed by atoms with Crippen molar-refractivity contribution in [2.24, 2.45) is 7.05 Å². The molecule has 0 fully saturated rings. The van der Waals surface area contributed by atoms with Crippen LogP contribution in [0, 0.1) is 0 Å². The molecule has 6 heteroatoms. The summed E-state index contributed by atoms with van der Waals surface area (Å²) in [6, 6.07) is 3.54. The van der Waals surface area contributed by atoms with E-state index in [4.69, 9.17) is 5.73 Å². The van der Waals surface area contributed by atoms with Gasteiger partial charge in [-0.15, -0.1) is 10.2 Å². The van der Waals surface area contributed by atoms with Crippen LogP contribution >= 0.6 is 11.8 Å². The highest BCUT2D eigenvalue weighted by Crippen LogP contribution is 2.22. The van der Waals surface area contributed by atoms with E-state index in [1.807, 2.05) is 23.9 Å². The molecule has 0 aliphatic rings. The SMILES string of the molecule is Cn1ccnc1Sc1ccc(N)nn1. The van der Waals surface area contributed by atoms with Crippen molar-refractivity contribution in [3.05, 3.63) is 24.5 Å². The van der Waals surface area contributed by atoms with E-state index in [0.717, 1.165) is 10.2 Å². The molecule has 0 amide bonds. The number of anilines is 1. The number of hydrogen-bond donors (Lipinski definition) is 1. The Morgan fingerprint density at radius 1 is 1.36 bits per heavy atom. The molecule has 0 aliphatic heterocycles. The van der Waals surface area contributed by atoms with Crippen molar-refractivity contribution in [3.8, 4) is 0 Å². The van der Waals surface area contributed by atoms with Crippen LogP contribution in [0.4, 0.5) is 5.82 Å². The summed E-state index contributed by atoms with van der Waals surface area (Å²) in [6.45, 7) is 0. The normalized spacial score (nSPS) is 10.4. The molecule has 2 heterocycles. The summed E-state index contributed by atoms with van der Waals surface area (Å²) >= 11 is 1.45. The van der Waals surface area contributed by atoms with Crippen LogP contribution in [0.25, 0.3) is 0 Å². The minimum atomic E-state index is 0.425. The van der Waals surface area contributed by atoms with E-state index in [1.54, 1.807) is 12.3 Å². The van der Waals surface area contributed by atoms with Gasteiger partial charge in [0, 0.05) is 19.4 Å². The highest BCUT2D eigenvalue weighted by Gasteiger charge is 2.03. The fourth-order valence-electron chi connectivity index (χ4n) is 0.929. The Morgan fingerprint density at radius 3 is 2.79 bits per heavy atom. The quantitative estimate of drug-likeness (QED) is 0.793. The molecule has 72 valence electrons. The number of nitrogens with two attached hydrogens (primary N) is 1. The summed E-state index contributed by atoms with van der Waals surface area (Å²) in [5, 5.41) is 9.35. The fourth-order valence-corrected chi connectivity index (χ4v) is 1.65. The molecule has 2 aromatic rings. The lowest BCUT2D eigenvalue weighted by Crippen LogP contribution is -1.94. The Morgan fingerprint density at radius 2 is 2.21 bits per heavy atom. The van der Waals surface area contributed by atoms with Gasteiger partial charge in [-0.05, 0) is 23.9 Å². The predicted octanol–water partition coefficient (Wildman–Crippen LogP) is 0.944. The van der Waals surface area contributed by atoms with Crippen molar-refractivity contribution < 1.29 is 0 Å². The molecule has 0 saturated carbocycles. The van der Waals surface area contributed by atoms with Crippen LogP contribution in [0.1, 0.15) is 0 Å². The zero-order valence-electron chi connectivity index (χ0n) is 7.58. The van der Waals surface area contributed by atoms with E-state index >= 15 is 0 Å². The van der Waals surface area contributed by atoms with Crippen LogP contribution < -0.4 is 5.73 Å². The molecule has 0 atom stereocenters. The summed E-state index contributed by atoms with van der Waals surface area (Å²) in [7, 11) is 1.93. The van der Waals surface area contributed by atoms with Crippen LogP contribution in [-0.2, 0) is 7.05 Å². The van der Waals surface area contributed by atoms with Crippen LogP contribution in [-0.4, -0.2) is 19.7 Å². The van der Waals surface area contributed by atoms with Gasteiger partial charge in [0.2, 0.25) is 0 Å². The van der Waals surface area contributed by atoms with E-state index < -0.39 is 0 Å². The molecule has 0 bridgehead atoms. The monoisotopic (exact) mass is 207 g/mol. The highest BCUT2D eigenvalue weighted by atomic mass is 32.2. The number of aromatic nitrogens is 4. The molecular weight excluding hydrogens is 198 g/mol. The molecule has 5 nitrogen and oxygen atoms in total. The van der Waals surface area contributed by atoms with Gasteiger partial charge in [0.25, 0.3) is 0 Å². The number of nitrogen functional groups attached to an aromatic ring is 1. The number of nitrogens with zero attached hydrogens (tertiary/aromatic N) is 4. The van der Waals surface area contributed by atoms with Crippen LogP contribution in [0.2, 0.25) is 0 Å². The second-order valence-electron chi connectivity index (χ2n) is 2.72. The minimum Gasteiger partial charge on any atom is -0.382 e. The van der Waals surface area contributed by atoms with Crippen LogP contribution in [0.3, 0.4) is 0 Å². The second-order valence-corrected chi connectivity index (χ2v) is 3.71. The third-order valence-corrected chi connectivity index (χ3v) is 2.64. The lowest BCUT2D eigenvalue weighted by atomic mass is 10.5. The number of imidazole rings is 1. The van der Waals surface area contributed by atoms with Crippen LogP contribution in [0.15, 0.2) is 34.7 Å². The zero-order valence-corrected chi connectivity index (χ0v) is 8.40. The minimum absolute atomic E-state index is 0.425. The smallest absolute Gasteiger partial charge is 0.174 e. The first-order valence-corrected chi connectivity index (χ1v) is 4.82. The van der Waals surface area contributed by atoms with Gasteiger partial charge in [0.15, 0.2) is 5.16 Å². The molecule has 0 saturated heterocycles. The average molecular weight is 207 g/mol. The molecule has 2 N–H and O–H groups in total. The van der Waals surface area contributed by atoms with Crippen molar-refractivity contribution in [3.63, 3.8) is 0 Å². The van der Waals surface area contributed by atoms with Gasteiger partial charge in [0.05, 0.1) is 0 Å². The van der Waals surface area contributed by atoms with Crippen molar-refractivity contribution in [2.45, 2.75) is 10.2 Å². The standard InChI is InChI=1S/C8H9N5S/c1-13-5-4-10-8(13)14-7-3-2-6(9)11-12-7/h2-5H,1H3,(H2,9,11). The van der Waals surface area contributed by atoms with Gasteiger partial charge >= 0.3 is 0 Å². The summed E-state index contributed by atoms with van der Waals surface area (Å²) in [5.41, 5.74) is 5.43.